The Balaban J connectivity index is 3.45. The molecule has 0 saturated heterocycles. The summed E-state index contributed by atoms with van der Waals surface area (Å²) in [4.78, 5) is 24.6. The van der Waals surface area contributed by atoms with Crippen molar-refractivity contribution in [2.24, 2.45) is 0 Å². The third kappa shape index (κ3) is 55.8. The third-order valence-electron chi connectivity index (χ3n) is 14.8. The molecule has 0 aliphatic rings. The van der Waals surface area contributed by atoms with Gasteiger partial charge < -0.3 is 20.3 Å². The van der Waals surface area contributed by atoms with Crippen LogP contribution in [0.15, 0.2) is 12.2 Å². The van der Waals surface area contributed by atoms with E-state index >= 15 is 0 Å². The van der Waals surface area contributed by atoms with Crippen LogP contribution in [0.1, 0.15) is 354 Å². The Bertz CT molecular complexity index is 1030. The molecule has 0 aliphatic heterocycles. The summed E-state index contributed by atoms with van der Waals surface area (Å²) in [5.74, 6) is -0.0692. The minimum atomic E-state index is -0.850. The van der Waals surface area contributed by atoms with Crippen molar-refractivity contribution in [2.75, 3.05) is 13.2 Å². The summed E-state index contributed by atoms with van der Waals surface area (Å²) in [5.41, 5.74) is 0. The molecule has 6 heteroatoms. The number of ether oxygens (including phenoxy) is 1. The molecule has 69 heavy (non-hydrogen) atoms. The van der Waals surface area contributed by atoms with Crippen LogP contribution in [0, 0.1) is 0 Å². The fourth-order valence-electron chi connectivity index (χ4n) is 9.99. The van der Waals surface area contributed by atoms with Crippen LogP contribution < -0.4 is 5.32 Å². The van der Waals surface area contributed by atoms with Crippen molar-refractivity contribution >= 4 is 11.9 Å². The zero-order valence-electron chi connectivity index (χ0n) is 46.8. The largest absolute Gasteiger partial charge is 0.466 e. The quantitative estimate of drug-likeness (QED) is 0.0321. The average molecular weight is 975 g/mol. The Hall–Kier alpha value is -1.40. The summed E-state index contributed by atoms with van der Waals surface area (Å²) >= 11 is 0. The summed E-state index contributed by atoms with van der Waals surface area (Å²) in [6.07, 6.45) is 71.0. The molecule has 0 aliphatic carbocycles. The first kappa shape index (κ1) is 67.6. The Morgan fingerprint density at radius 2 is 0.667 bits per heavy atom. The monoisotopic (exact) mass is 974 g/mol. The number of hydrogen-bond donors (Lipinski definition) is 3. The van der Waals surface area contributed by atoms with Crippen molar-refractivity contribution in [3.05, 3.63) is 12.2 Å². The van der Waals surface area contributed by atoms with Gasteiger partial charge in [0, 0.05) is 12.8 Å². The highest BCUT2D eigenvalue weighted by Crippen LogP contribution is 2.18. The number of hydrogen-bond acceptors (Lipinski definition) is 5. The second-order valence-corrected chi connectivity index (χ2v) is 21.8. The maximum atomic E-state index is 12.5. The minimum absolute atomic E-state index is 0.00289. The lowest BCUT2D eigenvalue weighted by Crippen LogP contribution is -2.45. The summed E-state index contributed by atoms with van der Waals surface area (Å²) in [7, 11) is 0. The maximum absolute atomic E-state index is 12.5. The highest BCUT2D eigenvalue weighted by atomic mass is 16.5. The van der Waals surface area contributed by atoms with Crippen LogP contribution in [0.2, 0.25) is 0 Å². The highest BCUT2D eigenvalue weighted by molar-refractivity contribution is 5.76. The number of aliphatic hydroxyl groups excluding tert-OH is 2. The smallest absolute Gasteiger partial charge is 0.305 e. The van der Waals surface area contributed by atoms with Crippen molar-refractivity contribution in [3.8, 4) is 0 Å². The SMILES string of the molecule is CCCCCCCCCCCCCCCCCCCCCCC/C=C/C(O)C(CO)NC(=O)CCCCCCCCCCCCCCCCCOC(=O)CCCCCCCCCCCCCCCC. The molecular weight excluding hydrogens is 851 g/mol. The standard InChI is InChI=1S/C63H123NO5/c1-3-5-7-9-11-13-15-17-19-20-21-22-23-24-25-26-28-31-35-39-43-47-51-55-61(66)60(59-65)64-62(67)56-52-48-44-40-36-32-29-27-30-34-38-42-46-50-54-58-69-63(68)57-53-49-45-41-37-33-18-16-14-12-10-8-6-4-2/h51,55,60-61,65-66H,3-50,52-54,56-59H2,1-2H3,(H,64,67)/b55-51+. The number of unbranched alkanes of at least 4 members (excludes halogenated alkanes) is 48. The summed E-state index contributed by atoms with van der Waals surface area (Å²) in [6, 6.07) is -0.634. The van der Waals surface area contributed by atoms with Crippen LogP contribution in [0.3, 0.4) is 0 Å². The fourth-order valence-corrected chi connectivity index (χ4v) is 9.99. The van der Waals surface area contributed by atoms with Crippen LogP contribution >= 0.6 is 0 Å². The van der Waals surface area contributed by atoms with Gasteiger partial charge in [-0.25, -0.2) is 0 Å². The minimum Gasteiger partial charge on any atom is -0.466 e. The van der Waals surface area contributed by atoms with Crippen LogP contribution in [0.25, 0.3) is 0 Å². The Kier molecular flexibility index (Phi) is 58.0. The van der Waals surface area contributed by atoms with E-state index in [4.69, 9.17) is 4.74 Å². The molecule has 0 spiro atoms. The van der Waals surface area contributed by atoms with E-state index in [1.807, 2.05) is 6.08 Å². The molecule has 0 aromatic carbocycles. The average Bonchev–Trinajstić information content (AvgIpc) is 3.35. The first-order valence-corrected chi connectivity index (χ1v) is 31.5. The number of carbonyl (C=O) groups is 2. The molecule has 3 N–H and O–H groups in total. The van der Waals surface area contributed by atoms with E-state index < -0.39 is 12.1 Å². The number of allylic oxidation sites excluding steroid dienone is 1. The van der Waals surface area contributed by atoms with E-state index in [1.54, 1.807) is 6.08 Å². The fraction of sp³-hybridized carbons (Fsp3) is 0.937. The predicted molar refractivity (Wildman–Crippen MR) is 301 cm³/mol. The van der Waals surface area contributed by atoms with E-state index in [-0.39, 0.29) is 18.5 Å². The maximum Gasteiger partial charge on any atom is 0.305 e. The van der Waals surface area contributed by atoms with Gasteiger partial charge in [-0.05, 0) is 32.1 Å². The number of nitrogens with one attached hydrogen (secondary N) is 1. The van der Waals surface area contributed by atoms with Gasteiger partial charge in [0.05, 0.1) is 25.4 Å². The number of esters is 1. The second-order valence-electron chi connectivity index (χ2n) is 21.8. The number of amides is 1. The van der Waals surface area contributed by atoms with Gasteiger partial charge in [0.2, 0.25) is 5.91 Å². The molecule has 0 aromatic heterocycles. The topological polar surface area (TPSA) is 95.9 Å². The van der Waals surface area contributed by atoms with E-state index in [1.165, 1.54) is 283 Å². The Morgan fingerprint density at radius 1 is 0.391 bits per heavy atom. The van der Waals surface area contributed by atoms with Gasteiger partial charge >= 0.3 is 5.97 Å². The van der Waals surface area contributed by atoms with Gasteiger partial charge in [-0.2, -0.15) is 0 Å². The molecule has 2 unspecified atom stereocenters. The molecule has 0 radical (unpaired) electrons. The summed E-state index contributed by atoms with van der Waals surface area (Å²) in [5, 5.41) is 23.2. The van der Waals surface area contributed by atoms with Crippen LogP contribution in [0.5, 0.6) is 0 Å². The molecule has 2 atom stereocenters. The lowest BCUT2D eigenvalue weighted by atomic mass is 10.0. The van der Waals surface area contributed by atoms with Gasteiger partial charge in [-0.1, -0.05) is 321 Å². The zero-order chi connectivity index (χ0) is 50.0. The summed E-state index contributed by atoms with van der Waals surface area (Å²) in [6.45, 7) is 4.92. The van der Waals surface area contributed by atoms with Gasteiger partial charge in [0.1, 0.15) is 0 Å². The lowest BCUT2D eigenvalue weighted by Gasteiger charge is -2.20. The van der Waals surface area contributed by atoms with E-state index in [9.17, 15) is 19.8 Å². The first-order valence-electron chi connectivity index (χ1n) is 31.5. The number of aliphatic hydroxyl groups is 2. The molecule has 6 nitrogen and oxygen atoms in total. The second kappa shape index (κ2) is 59.2. The Labute approximate surface area is 431 Å². The van der Waals surface area contributed by atoms with Gasteiger partial charge in [-0.15, -0.1) is 0 Å². The lowest BCUT2D eigenvalue weighted by molar-refractivity contribution is -0.143. The molecule has 410 valence electrons. The molecule has 0 rings (SSSR count). The molecule has 0 bridgehead atoms. The molecule has 0 fully saturated rings. The molecule has 0 saturated carbocycles. The van der Waals surface area contributed by atoms with Crippen molar-refractivity contribution in [1.82, 2.24) is 5.32 Å². The molecule has 0 aromatic rings. The third-order valence-corrected chi connectivity index (χ3v) is 14.8. The molecule has 0 heterocycles. The van der Waals surface area contributed by atoms with Gasteiger partial charge in [0.15, 0.2) is 0 Å². The van der Waals surface area contributed by atoms with E-state index in [2.05, 4.69) is 19.2 Å². The van der Waals surface area contributed by atoms with Crippen molar-refractivity contribution in [1.29, 1.82) is 0 Å². The van der Waals surface area contributed by atoms with Gasteiger partial charge in [0.25, 0.3) is 0 Å². The normalized spacial score (nSPS) is 12.6. The van der Waals surface area contributed by atoms with E-state index in [0.29, 0.717) is 19.4 Å². The number of carbonyl (C=O) groups excluding carboxylic acids is 2. The first-order chi connectivity index (χ1) is 34.0. The zero-order valence-corrected chi connectivity index (χ0v) is 46.8. The van der Waals surface area contributed by atoms with Crippen LogP contribution in [0.4, 0.5) is 0 Å². The highest BCUT2D eigenvalue weighted by Gasteiger charge is 2.18. The van der Waals surface area contributed by atoms with Crippen molar-refractivity contribution in [2.45, 2.75) is 366 Å². The number of rotatable bonds is 59. The molecule has 1 amide bonds. The van der Waals surface area contributed by atoms with Gasteiger partial charge in [-0.3, -0.25) is 9.59 Å². The summed E-state index contributed by atoms with van der Waals surface area (Å²) < 4.78 is 5.48. The van der Waals surface area contributed by atoms with Crippen LogP contribution in [-0.2, 0) is 14.3 Å². The van der Waals surface area contributed by atoms with Crippen LogP contribution in [-0.4, -0.2) is 47.4 Å². The van der Waals surface area contributed by atoms with Crippen molar-refractivity contribution in [3.63, 3.8) is 0 Å². The van der Waals surface area contributed by atoms with Crippen molar-refractivity contribution < 1.29 is 24.5 Å². The van der Waals surface area contributed by atoms with E-state index in [0.717, 1.165) is 44.9 Å². The predicted octanol–water partition coefficient (Wildman–Crippen LogP) is 19.6. The Morgan fingerprint density at radius 3 is 0.986 bits per heavy atom. The molecular formula is C63H123NO5.